The van der Waals surface area contributed by atoms with Crippen LogP contribution in [0.1, 0.15) is 28.7 Å². The number of thiazole rings is 1. The number of carboxylic acids is 1. The first-order valence-corrected chi connectivity index (χ1v) is 8.53. The Kier molecular flexibility index (Phi) is 5.22. The van der Waals surface area contributed by atoms with Gasteiger partial charge in [0.15, 0.2) is 22.2 Å². The summed E-state index contributed by atoms with van der Waals surface area (Å²) in [6.07, 6.45) is 4.62. The second-order valence-electron chi connectivity index (χ2n) is 5.40. The Balaban J connectivity index is 2.04. The molecule has 0 fully saturated rings. The quantitative estimate of drug-likeness (QED) is 0.586. The lowest BCUT2D eigenvalue weighted by molar-refractivity contribution is -0.0511. The van der Waals surface area contributed by atoms with Gasteiger partial charge in [0.05, 0.1) is 11.5 Å². The molecule has 9 heteroatoms. The monoisotopic (exact) mass is 392 g/mol. The molecule has 1 aromatic carbocycles. The van der Waals surface area contributed by atoms with E-state index < -0.39 is 12.6 Å². The summed E-state index contributed by atoms with van der Waals surface area (Å²) >= 11 is 1.30. The molecule has 3 aromatic rings. The first-order valence-electron chi connectivity index (χ1n) is 7.65. The largest absolute Gasteiger partial charge is 0.476 e. The highest BCUT2D eigenvalue weighted by Crippen LogP contribution is 2.35. The van der Waals surface area contributed by atoms with Crippen LogP contribution in [-0.2, 0) is 0 Å². The van der Waals surface area contributed by atoms with Crippen molar-refractivity contribution in [2.24, 2.45) is 0 Å². The maximum Gasteiger partial charge on any atom is 0.387 e. The van der Waals surface area contributed by atoms with Crippen LogP contribution in [0, 0.1) is 0 Å². The van der Waals surface area contributed by atoms with Crippen molar-refractivity contribution < 1.29 is 28.2 Å². The van der Waals surface area contributed by atoms with Crippen molar-refractivity contribution in [3.8, 4) is 11.5 Å². The Morgan fingerprint density at radius 3 is 2.85 bits per heavy atom. The SMILES string of the molecule is C=C(C)Oc1c(/C=C/c2nc3sccn3c2C(=O)O)cccc1OC(F)F. The number of halogens is 2. The first-order chi connectivity index (χ1) is 12.9. The number of benzene rings is 1. The topological polar surface area (TPSA) is 73.1 Å². The average Bonchev–Trinajstić information content (AvgIpc) is 3.14. The Morgan fingerprint density at radius 1 is 1.41 bits per heavy atom. The van der Waals surface area contributed by atoms with Crippen molar-refractivity contribution in [3.05, 3.63) is 59.1 Å². The van der Waals surface area contributed by atoms with Gasteiger partial charge >= 0.3 is 12.6 Å². The summed E-state index contributed by atoms with van der Waals surface area (Å²) in [7, 11) is 0. The maximum absolute atomic E-state index is 12.6. The Hall–Kier alpha value is -3.20. The molecule has 3 rings (SSSR count). The molecular weight excluding hydrogens is 378 g/mol. The standard InChI is InChI=1S/C18H14F2N2O4S/c1-10(2)25-15-11(4-3-5-13(15)26-17(19)20)6-7-12-14(16(23)24)22-8-9-27-18(22)21-12/h3-9,17H,1H2,2H3,(H,23,24)/b7-6+. The summed E-state index contributed by atoms with van der Waals surface area (Å²) in [5.74, 6) is -0.948. The molecule has 0 bridgehead atoms. The molecule has 0 aliphatic rings. The third-order valence-electron chi connectivity index (χ3n) is 3.41. The van der Waals surface area contributed by atoms with Gasteiger partial charge in [0.25, 0.3) is 0 Å². The van der Waals surface area contributed by atoms with Crippen LogP contribution >= 0.6 is 11.3 Å². The summed E-state index contributed by atoms with van der Waals surface area (Å²) in [5.41, 5.74) is 0.643. The molecule has 0 amide bonds. The van der Waals surface area contributed by atoms with E-state index >= 15 is 0 Å². The lowest BCUT2D eigenvalue weighted by atomic mass is 10.1. The third kappa shape index (κ3) is 3.98. The van der Waals surface area contributed by atoms with Crippen molar-refractivity contribution in [1.29, 1.82) is 0 Å². The minimum absolute atomic E-state index is 0.00450. The summed E-state index contributed by atoms with van der Waals surface area (Å²) < 4.78 is 36.7. The average molecular weight is 392 g/mol. The molecule has 0 saturated carbocycles. The number of hydrogen-bond donors (Lipinski definition) is 1. The number of para-hydroxylation sites is 1. The van der Waals surface area contributed by atoms with Gasteiger partial charge in [-0.15, -0.1) is 11.3 Å². The zero-order valence-corrected chi connectivity index (χ0v) is 14.9. The number of rotatable bonds is 7. The zero-order valence-electron chi connectivity index (χ0n) is 14.1. The molecule has 0 radical (unpaired) electrons. The van der Waals surface area contributed by atoms with Crippen LogP contribution in [0.2, 0.25) is 0 Å². The van der Waals surface area contributed by atoms with Gasteiger partial charge in [-0.1, -0.05) is 18.7 Å². The van der Waals surface area contributed by atoms with Gasteiger partial charge < -0.3 is 14.6 Å². The van der Waals surface area contributed by atoms with Gasteiger partial charge in [0.2, 0.25) is 0 Å². The molecule has 27 heavy (non-hydrogen) atoms. The minimum Gasteiger partial charge on any atom is -0.476 e. The smallest absolute Gasteiger partial charge is 0.387 e. The van der Waals surface area contributed by atoms with Crippen LogP contribution < -0.4 is 9.47 Å². The van der Waals surface area contributed by atoms with Gasteiger partial charge in [-0.05, 0) is 25.1 Å². The van der Waals surface area contributed by atoms with Crippen LogP contribution in [0.4, 0.5) is 8.78 Å². The highest BCUT2D eigenvalue weighted by atomic mass is 32.1. The number of imidazole rings is 1. The number of hydrogen-bond acceptors (Lipinski definition) is 5. The van der Waals surface area contributed by atoms with Crippen LogP contribution in [0.15, 0.2) is 42.1 Å². The van der Waals surface area contributed by atoms with Crippen LogP contribution in [0.3, 0.4) is 0 Å². The van der Waals surface area contributed by atoms with Gasteiger partial charge in [-0.2, -0.15) is 8.78 Å². The number of aromatic nitrogens is 2. The summed E-state index contributed by atoms with van der Waals surface area (Å²) in [6.45, 7) is 2.16. The molecule has 6 nitrogen and oxygen atoms in total. The first kappa shape index (κ1) is 18.6. The van der Waals surface area contributed by atoms with E-state index in [-0.39, 0.29) is 28.6 Å². The van der Waals surface area contributed by atoms with E-state index in [0.717, 1.165) is 0 Å². The van der Waals surface area contributed by atoms with E-state index in [1.54, 1.807) is 24.6 Å². The fourth-order valence-corrected chi connectivity index (χ4v) is 3.16. The third-order valence-corrected chi connectivity index (χ3v) is 4.17. The Bertz CT molecular complexity index is 1040. The predicted octanol–water partition coefficient (Wildman–Crippen LogP) is 4.78. The fraction of sp³-hybridized carbons (Fsp3) is 0.111. The van der Waals surface area contributed by atoms with Gasteiger partial charge in [0, 0.05) is 17.1 Å². The molecule has 1 N–H and O–H groups in total. The number of aromatic carboxylic acids is 1. The van der Waals surface area contributed by atoms with E-state index in [1.807, 2.05) is 0 Å². The normalized spacial score (nSPS) is 11.4. The number of ether oxygens (including phenoxy) is 2. The summed E-state index contributed by atoms with van der Waals surface area (Å²) in [5, 5.41) is 11.2. The number of fused-ring (bicyclic) bond motifs is 1. The fourth-order valence-electron chi connectivity index (χ4n) is 2.44. The van der Waals surface area contributed by atoms with Crippen LogP contribution in [-0.4, -0.2) is 27.1 Å². The van der Waals surface area contributed by atoms with E-state index in [0.29, 0.717) is 10.5 Å². The molecule has 0 saturated heterocycles. The van der Waals surface area contributed by atoms with Crippen molar-refractivity contribution >= 4 is 34.4 Å². The molecule has 140 valence electrons. The second-order valence-corrected chi connectivity index (χ2v) is 6.27. The van der Waals surface area contributed by atoms with Gasteiger partial charge in [-0.25, -0.2) is 9.78 Å². The van der Waals surface area contributed by atoms with E-state index in [4.69, 9.17) is 4.74 Å². The van der Waals surface area contributed by atoms with Crippen molar-refractivity contribution in [2.45, 2.75) is 13.5 Å². The van der Waals surface area contributed by atoms with Crippen molar-refractivity contribution in [2.75, 3.05) is 0 Å². The van der Waals surface area contributed by atoms with Gasteiger partial charge in [-0.3, -0.25) is 4.40 Å². The molecular formula is C18H14F2N2O4S. The van der Waals surface area contributed by atoms with E-state index in [9.17, 15) is 18.7 Å². The minimum atomic E-state index is -3.02. The number of carbonyl (C=O) groups is 1. The van der Waals surface area contributed by atoms with E-state index in [2.05, 4.69) is 16.3 Å². The maximum atomic E-state index is 12.6. The van der Waals surface area contributed by atoms with E-state index in [1.165, 1.54) is 40.0 Å². The molecule has 2 aromatic heterocycles. The molecule has 2 heterocycles. The highest BCUT2D eigenvalue weighted by molar-refractivity contribution is 7.15. The van der Waals surface area contributed by atoms with Crippen molar-refractivity contribution in [3.63, 3.8) is 0 Å². The Labute approximate surface area is 156 Å². The van der Waals surface area contributed by atoms with Crippen molar-refractivity contribution in [1.82, 2.24) is 9.38 Å². The number of carboxylic acid groups (broad SMARTS) is 1. The van der Waals surface area contributed by atoms with Gasteiger partial charge in [0.1, 0.15) is 0 Å². The van der Waals surface area contributed by atoms with Crippen LogP contribution in [0.5, 0.6) is 11.5 Å². The predicted molar refractivity (Wildman–Crippen MR) is 97.5 cm³/mol. The molecule has 0 unspecified atom stereocenters. The number of alkyl halides is 2. The summed E-state index contributed by atoms with van der Waals surface area (Å²) in [4.78, 5) is 16.4. The van der Waals surface area contributed by atoms with Crippen LogP contribution in [0.25, 0.3) is 17.1 Å². The zero-order chi connectivity index (χ0) is 19.6. The molecule has 0 spiro atoms. The lowest BCUT2D eigenvalue weighted by Crippen LogP contribution is -2.05. The highest BCUT2D eigenvalue weighted by Gasteiger charge is 2.18. The molecule has 0 aliphatic carbocycles. The molecule has 0 atom stereocenters. The number of allylic oxidation sites excluding steroid dienone is 1. The summed E-state index contributed by atoms with van der Waals surface area (Å²) in [6, 6.07) is 4.48. The number of nitrogens with zero attached hydrogens (tertiary/aromatic N) is 2. The molecule has 0 aliphatic heterocycles. The Morgan fingerprint density at radius 2 is 2.19 bits per heavy atom. The second kappa shape index (κ2) is 7.58. The lowest BCUT2D eigenvalue weighted by Gasteiger charge is -2.14.